The molecule has 0 aliphatic carbocycles. The monoisotopic (exact) mass is 1670 g/mol. The number of carboxylic acids is 1. The quantitative estimate of drug-likeness (QED) is 0.0329. The molecule has 8 atom stereocenters. The first-order valence-corrected chi connectivity index (χ1v) is 41.8. The Hall–Kier alpha value is -13.3. The molecule has 0 saturated carbocycles. The number of H-pyrrole nitrogens is 2. The largest absolute Gasteiger partial charge is 0.488 e. The molecule has 8 aromatic rings. The molecule has 4 fully saturated rings. The minimum absolute atomic E-state index is 0.0947. The highest BCUT2D eigenvalue weighted by Gasteiger charge is 2.43. The van der Waals surface area contributed by atoms with Crippen molar-refractivity contribution < 1.29 is 81.4 Å². The van der Waals surface area contributed by atoms with Gasteiger partial charge in [-0.25, -0.2) is 33.9 Å². The minimum atomic E-state index is -1.13. The number of allylic oxidation sites excluding steroid dienone is 2. The number of carbonyl (C=O) groups is 8. The average molecular weight is 1670 g/mol. The summed E-state index contributed by atoms with van der Waals surface area (Å²) in [6, 6.07) is 31.0. The van der Waals surface area contributed by atoms with Gasteiger partial charge < -0.3 is 94.3 Å². The number of nitrogens with zero attached hydrogens (tertiary/aromatic N) is 7. The van der Waals surface area contributed by atoms with Crippen molar-refractivity contribution in [1.82, 2.24) is 61.2 Å². The third-order valence-corrected chi connectivity index (χ3v) is 24.4. The van der Waals surface area contributed by atoms with Crippen LogP contribution in [0.3, 0.4) is 0 Å². The molecule has 8 N–H and O–H groups in total. The van der Waals surface area contributed by atoms with Gasteiger partial charge in [0.1, 0.15) is 79.2 Å². The number of aromatic nitrogens is 4. The summed E-state index contributed by atoms with van der Waals surface area (Å²) < 4.78 is 44.5. The number of methoxy groups -OCH3 is 4. The number of alkyl carbamates (subject to hydrolysis) is 4. The molecule has 2 aromatic heterocycles. The Kier molecular flexibility index (Phi) is 24.5. The second-order valence-electron chi connectivity index (χ2n) is 32.7. The molecule has 640 valence electrons. The number of aliphatic imine (C=N–C) groups is 2. The van der Waals surface area contributed by atoms with Crippen LogP contribution < -0.4 is 45.5 Å². The van der Waals surface area contributed by atoms with E-state index in [1.807, 2.05) is 92.5 Å². The van der Waals surface area contributed by atoms with Crippen molar-refractivity contribution in [3.05, 3.63) is 190 Å². The number of carbonyl (C=O) groups excluding carboxylic acids is 7. The Morgan fingerprint density at radius 2 is 0.821 bits per heavy atom. The first kappa shape index (κ1) is 83.3. The molecule has 4 saturated heterocycles. The van der Waals surface area contributed by atoms with Gasteiger partial charge in [0.25, 0.3) is 0 Å². The number of amides is 7. The fourth-order valence-corrected chi connectivity index (χ4v) is 18.1. The fourth-order valence-electron chi connectivity index (χ4n) is 18.1. The molecule has 0 bridgehead atoms. The zero-order valence-corrected chi connectivity index (χ0v) is 69.8. The normalized spacial score (nSPS) is 19.3. The highest BCUT2D eigenvalue weighted by atomic mass is 16.6. The number of aliphatic carboxylic acids is 1. The van der Waals surface area contributed by atoms with E-state index in [4.69, 9.17) is 58.2 Å². The second kappa shape index (κ2) is 36.2. The molecule has 0 spiro atoms. The van der Waals surface area contributed by atoms with Crippen LogP contribution in [0.15, 0.2) is 144 Å². The SMILES string of the molecule is COC(=O)N[C@@H](C(=O)O)c1ccccc1.COC(=O)N[C@H](C(=O)N1CCC[C@H]1c1ncc(-c2cc3c4c(c2)OCc2cc(C5=CN=C([C@@H]6CCCN6)C5)cc(c2-4)OC3)[nH]1)C(C)C.COC(=O)N[C@H](C(=O)N1CCC[C@H]1c1ncc(-c2cc3c4c(c2)OCc2cc(C5=CN=C([C@@H]6CCCN6C(=O)[C@H](NC(=O)OC)c6ccccc6)C5)cc(c2-4)OC3)[nH]1)C(C)C. The summed E-state index contributed by atoms with van der Waals surface area (Å²) in [7, 11) is 5.05. The molecule has 6 aromatic carbocycles. The van der Waals surface area contributed by atoms with Crippen molar-refractivity contribution in [1.29, 1.82) is 0 Å². The number of ether oxygens (including phenoxy) is 8. The van der Waals surface area contributed by atoms with Gasteiger partial charge in [-0.15, -0.1) is 0 Å². The molecule has 10 aliphatic heterocycles. The summed E-state index contributed by atoms with van der Waals surface area (Å²) in [5.41, 5.74) is 19.7. The molecule has 31 heteroatoms. The van der Waals surface area contributed by atoms with E-state index in [0.717, 1.165) is 176 Å². The summed E-state index contributed by atoms with van der Waals surface area (Å²) in [6.45, 7) is 12.0. The van der Waals surface area contributed by atoms with Gasteiger partial charge in [0.05, 0.1) is 70.3 Å². The van der Waals surface area contributed by atoms with E-state index in [1.165, 1.54) is 46.1 Å². The number of hydrogen-bond acceptors (Lipinski definition) is 21. The Labute approximate surface area is 710 Å². The van der Waals surface area contributed by atoms with Crippen molar-refractivity contribution in [2.75, 3.05) is 54.6 Å². The lowest BCUT2D eigenvalue weighted by atomic mass is 9.86. The molecule has 10 aliphatic rings. The smallest absolute Gasteiger partial charge is 0.407 e. The van der Waals surface area contributed by atoms with Crippen LogP contribution in [0.4, 0.5) is 19.2 Å². The molecule has 12 heterocycles. The lowest BCUT2D eigenvalue weighted by Crippen LogP contribution is -2.51. The maximum atomic E-state index is 14.1. The number of rotatable bonds is 20. The first-order chi connectivity index (χ1) is 59.6. The standard InChI is InChI=1S/C46H49N7O8.C36H40N6O5.C10H11NO4/c1-25(2)40(50-45(56)58-3)43(54)53-15-9-13-35(53)42-48-22-33(49-42)28-17-31-24-60-36-19-27(16-30-23-61-37(20-28)39(31)38(30)36)29-18-32(47-21-29)34-12-8-14-52(34)44(55)41(51-46(57)59-4)26-10-6-5-7-11-26;1-19(2)33(41-36(44)45-3)35(43)42-9-5-7-28(42)34-39-16-27(40-34)21-11-24-18-46-29-13-20(10-23-17-47-30(14-21)32(24)31(23)29)22-12-26(38-15-22)25-6-4-8-37-25;1-15-10(14)11-8(9(12)13)7-5-3-2-4-6-7/h5-7,10-11,16-17,19-22,25,34-35,40-41H,8-9,12-15,18,23-24H2,1-4H3,(H,48,49)(H,50,56)(H,51,57);10-11,13-16,19,25,28,33,37H,4-9,12,17-18H2,1-3H3,(H,39,40)(H,41,44);2-6,8H,1H3,(H,11,14)(H,12,13)/t34-,35-,40-,41+;25-,28-,33-;8-/m001/s1. The number of likely N-dealkylation sites (tertiary alicyclic amines) is 3. The maximum absolute atomic E-state index is 14.1. The minimum Gasteiger partial charge on any atom is -0.488 e. The van der Waals surface area contributed by atoms with Gasteiger partial charge in [-0.3, -0.25) is 24.4 Å². The van der Waals surface area contributed by atoms with Gasteiger partial charge in [-0.2, -0.15) is 0 Å². The first-order valence-electron chi connectivity index (χ1n) is 41.8. The average Bonchev–Trinajstić information content (AvgIpc) is 0.801. The van der Waals surface area contributed by atoms with Crippen LogP contribution in [-0.4, -0.2) is 178 Å². The topological polar surface area (TPSA) is 383 Å². The Balaban J connectivity index is 0.000000159. The summed E-state index contributed by atoms with van der Waals surface area (Å²) in [5, 5.41) is 22.8. The molecule has 18 rings (SSSR count). The van der Waals surface area contributed by atoms with Crippen molar-refractivity contribution in [3.8, 4) is 67.8 Å². The van der Waals surface area contributed by atoms with E-state index in [2.05, 4.69) is 83.8 Å². The van der Waals surface area contributed by atoms with Gasteiger partial charge in [0.15, 0.2) is 6.04 Å². The molecule has 0 radical (unpaired) electrons. The van der Waals surface area contributed by atoms with E-state index in [9.17, 15) is 38.4 Å². The highest BCUT2D eigenvalue weighted by molar-refractivity contribution is 6.05. The molecule has 123 heavy (non-hydrogen) atoms. The summed E-state index contributed by atoms with van der Waals surface area (Å²) in [6.07, 6.45) is 13.5. The molecule has 0 unspecified atom stereocenters. The van der Waals surface area contributed by atoms with Gasteiger partial charge in [-0.05, 0) is 152 Å². The third-order valence-electron chi connectivity index (χ3n) is 24.4. The number of aromatic amines is 2. The van der Waals surface area contributed by atoms with E-state index < -0.39 is 54.5 Å². The lowest BCUT2D eigenvalue weighted by molar-refractivity contribution is -0.139. The highest BCUT2D eigenvalue weighted by Crippen LogP contribution is 2.53. The predicted octanol–water partition coefficient (Wildman–Crippen LogP) is 13.5. The Bertz CT molecular complexity index is 5450. The third kappa shape index (κ3) is 17.3. The molecule has 31 nitrogen and oxygen atoms in total. The van der Waals surface area contributed by atoms with Gasteiger partial charge in [0, 0.05) is 118 Å². The maximum Gasteiger partial charge on any atom is 0.407 e. The van der Waals surface area contributed by atoms with E-state index in [1.54, 1.807) is 41.4 Å². The van der Waals surface area contributed by atoms with Crippen molar-refractivity contribution >= 4 is 70.6 Å². The van der Waals surface area contributed by atoms with Crippen molar-refractivity contribution in [2.45, 2.75) is 167 Å². The summed E-state index contributed by atoms with van der Waals surface area (Å²) >= 11 is 0. The molecular formula is C92H100N14O17. The van der Waals surface area contributed by atoms with E-state index >= 15 is 0 Å². The summed E-state index contributed by atoms with van der Waals surface area (Å²) in [4.78, 5) is 131. The molecule has 7 amide bonds. The van der Waals surface area contributed by atoms with Crippen LogP contribution in [0.25, 0.3) is 55.9 Å². The predicted molar refractivity (Wildman–Crippen MR) is 455 cm³/mol. The van der Waals surface area contributed by atoms with Gasteiger partial charge in [-0.1, -0.05) is 88.4 Å². The van der Waals surface area contributed by atoms with Crippen LogP contribution in [-0.2, 0) is 64.6 Å². The number of hydrogen-bond donors (Lipinski definition) is 8. The van der Waals surface area contributed by atoms with Crippen LogP contribution in [0.5, 0.6) is 23.0 Å². The van der Waals surface area contributed by atoms with Crippen molar-refractivity contribution in [2.24, 2.45) is 21.8 Å². The van der Waals surface area contributed by atoms with Crippen LogP contribution in [0.1, 0.15) is 172 Å². The second-order valence-corrected chi connectivity index (χ2v) is 32.7. The van der Waals surface area contributed by atoms with Crippen molar-refractivity contribution in [3.63, 3.8) is 0 Å². The van der Waals surface area contributed by atoms with Crippen LogP contribution in [0.2, 0.25) is 0 Å². The number of benzene rings is 6. The van der Waals surface area contributed by atoms with E-state index in [-0.39, 0.29) is 47.7 Å². The van der Waals surface area contributed by atoms with Crippen LogP contribution >= 0.6 is 0 Å². The zero-order chi connectivity index (χ0) is 85.9. The Morgan fingerprint density at radius 1 is 0.447 bits per heavy atom. The zero-order valence-electron chi connectivity index (χ0n) is 69.8. The fraction of sp³-hybridized carbons (Fsp3) is 0.391. The van der Waals surface area contributed by atoms with Gasteiger partial charge >= 0.3 is 30.3 Å². The molecular weight excluding hydrogens is 1570 g/mol. The number of nitrogens with one attached hydrogen (secondary N) is 7. The lowest BCUT2D eigenvalue weighted by Gasteiger charge is -2.31. The summed E-state index contributed by atoms with van der Waals surface area (Å²) in [5.74, 6) is 2.88. The number of carboxylic acid groups (broad SMARTS) is 1. The van der Waals surface area contributed by atoms with E-state index in [0.29, 0.717) is 75.5 Å². The number of imidazole rings is 2. The van der Waals surface area contributed by atoms with Crippen LogP contribution in [0, 0.1) is 11.8 Å². The van der Waals surface area contributed by atoms with Gasteiger partial charge in [0.2, 0.25) is 17.7 Å². The Morgan fingerprint density at radius 3 is 1.23 bits per heavy atom.